The summed E-state index contributed by atoms with van der Waals surface area (Å²) in [6.45, 7) is 27.6. The van der Waals surface area contributed by atoms with E-state index in [1.54, 1.807) is 0 Å². The van der Waals surface area contributed by atoms with Crippen molar-refractivity contribution in [3.8, 4) is 24.0 Å². The van der Waals surface area contributed by atoms with E-state index in [2.05, 4.69) is 208 Å². The number of hydrogen-bond donors (Lipinski definition) is 5. The smallest absolute Gasteiger partial charge is 0.318 e. The highest BCUT2D eigenvalue weighted by Crippen LogP contribution is 2.39. The fourth-order valence-electron chi connectivity index (χ4n) is 15.8. The number of anilines is 4. The topological polar surface area (TPSA) is 266 Å². The van der Waals surface area contributed by atoms with Gasteiger partial charge in [-0.05, 0) is 226 Å². The molecule has 20 heteroatoms. The Morgan fingerprint density at radius 2 is 0.745 bits per heavy atom. The lowest BCUT2D eigenvalue weighted by molar-refractivity contribution is 0.203. The van der Waals surface area contributed by atoms with Crippen LogP contribution in [0.5, 0.6) is 24.0 Å². The molecule has 4 aliphatic heterocycles. The van der Waals surface area contributed by atoms with Gasteiger partial charge in [-0.1, -0.05) is 157 Å². The van der Waals surface area contributed by atoms with E-state index in [0.717, 1.165) is 232 Å². The summed E-state index contributed by atoms with van der Waals surface area (Å²) in [7, 11) is 2.18. The zero-order chi connectivity index (χ0) is 76.6. The summed E-state index contributed by atoms with van der Waals surface area (Å²) in [4.78, 5) is 43.5. The predicted octanol–water partition coefficient (Wildman–Crippen LogP) is 14.5. The number of nitrogens with zero attached hydrogens (tertiary/aromatic N) is 11. The molecule has 4 aliphatic carbocycles. The van der Waals surface area contributed by atoms with Gasteiger partial charge in [-0.15, -0.1) is 0 Å². The molecule has 16 rings (SSSR count). The highest BCUT2D eigenvalue weighted by atomic mass is 16.5. The van der Waals surface area contributed by atoms with Crippen molar-refractivity contribution >= 4 is 45.6 Å². The summed E-state index contributed by atoms with van der Waals surface area (Å²) in [5, 5.41) is 3.42. The van der Waals surface area contributed by atoms with Crippen molar-refractivity contribution in [2.45, 2.75) is 209 Å². The van der Waals surface area contributed by atoms with Gasteiger partial charge in [0.05, 0.1) is 49.2 Å². The number of nitrogens with one attached hydrogen (secondary N) is 1. The highest BCUT2D eigenvalue weighted by Gasteiger charge is 2.28. The maximum atomic E-state index is 6.20. The lowest BCUT2D eigenvalue weighted by atomic mass is 9.94. The largest absolute Gasteiger partial charge is 0.463 e. The first-order valence-electron chi connectivity index (χ1n) is 40.8. The molecule has 0 saturated heterocycles. The molecule has 20 nitrogen and oxygen atoms in total. The molecule has 110 heavy (non-hydrogen) atoms. The standard InChI is InChI=1S/C24H32N4O.C23H30N4O.C22H28N4O.C21H26N4O/c1-4-5-12-29-24-26-22-19(8-9-21(22)23(25)27-24)13-17-6-7-18-10-11-28(16(2)3)15-20(18)14-17;1-3-5-12-28-23-25-21-18(8-9-20(21)22(24)26-23)14-16-6-7-19-15-27(4-2)11-10-17(19)13-16;1-3-4-11-27-22-24-20-17(7-8-19(20)21(23)25-22)13-15-5-6-18-14-26(2)10-9-16(18)12-15;1-2-3-10-26-21-24-19-16(6-7-18(19)20(22)25-21)12-14-4-5-17-13-23-9-8-15(17)11-14/h6-8,14,16H,4-5,9-13,15H2,1-3H3,(H2,25,26,27);6-8,13H,3-5,9-12,14-15H2,1-2H3,(H2,24,25,26);5-7,12H,3-4,8-11,13-14H2,1-2H3,(H2,23,24,25);4-6,11,23H,2-3,7-10,12-13H2,1H3,(H2,22,24,25). The predicted molar refractivity (Wildman–Crippen MR) is 444 cm³/mol. The number of benzene rings is 4. The van der Waals surface area contributed by atoms with Crippen LogP contribution in [-0.2, 0) is 103 Å². The van der Waals surface area contributed by atoms with Gasteiger partial charge < -0.3 is 52.1 Å². The Labute approximate surface area is 652 Å². The fourth-order valence-corrected chi connectivity index (χ4v) is 15.8. The van der Waals surface area contributed by atoms with Gasteiger partial charge in [0.25, 0.3) is 0 Å². The quantitative estimate of drug-likeness (QED) is 0.0315. The van der Waals surface area contributed by atoms with Crippen molar-refractivity contribution in [3.05, 3.63) is 209 Å². The van der Waals surface area contributed by atoms with Gasteiger partial charge in [0, 0.05) is 74.1 Å². The second-order valence-electron chi connectivity index (χ2n) is 30.9. The van der Waals surface area contributed by atoms with Crippen LogP contribution >= 0.6 is 0 Å². The normalized spacial score (nSPS) is 15.8. The van der Waals surface area contributed by atoms with Crippen molar-refractivity contribution in [2.24, 2.45) is 0 Å². The summed E-state index contributed by atoms with van der Waals surface area (Å²) in [5.41, 5.74) is 54.7. The lowest BCUT2D eigenvalue weighted by Crippen LogP contribution is -2.35. The van der Waals surface area contributed by atoms with E-state index >= 15 is 0 Å². The summed E-state index contributed by atoms with van der Waals surface area (Å²) in [6, 6.07) is 29.8. The fraction of sp³-hybridized carbons (Fsp3) is 0.467. The Morgan fingerprint density at radius 3 is 1.14 bits per heavy atom. The van der Waals surface area contributed by atoms with Gasteiger partial charge in [0.15, 0.2) is 0 Å². The number of nitrogens with two attached hydrogens (primary N) is 4. The van der Waals surface area contributed by atoms with Crippen LogP contribution in [0.15, 0.2) is 97.1 Å². The van der Waals surface area contributed by atoms with E-state index in [-0.39, 0.29) is 0 Å². The highest BCUT2D eigenvalue weighted by molar-refractivity contribution is 5.79. The SMILES string of the molecule is CCCCOc1nc(N)c2c(n1)C(Cc1ccc3c(c1)CCN(C)C3)=CC2.CCCCOc1nc(N)c2c(n1)C(Cc1ccc3c(c1)CCN(CC)C3)=CC2.CCCCOc1nc(N)c2c(n1)C(Cc1ccc3c(c1)CCNC3)=CC2.CCCCOc1nc(N)c2c(n1)C(Cc1ccc3c(c1)CN(C(C)C)CC3)=CC2. The van der Waals surface area contributed by atoms with Gasteiger partial charge in [0.2, 0.25) is 0 Å². The minimum Gasteiger partial charge on any atom is -0.463 e. The number of ether oxygens (including phenoxy) is 4. The Balaban J connectivity index is 0.000000129. The molecule has 4 aromatic heterocycles. The molecule has 0 unspecified atom stereocenters. The van der Waals surface area contributed by atoms with Crippen molar-refractivity contribution in [3.63, 3.8) is 0 Å². The van der Waals surface area contributed by atoms with Crippen LogP contribution in [0.3, 0.4) is 0 Å². The van der Waals surface area contributed by atoms with Gasteiger partial charge in [-0.3, -0.25) is 9.80 Å². The second-order valence-corrected chi connectivity index (χ2v) is 30.9. The first-order chi connectivity index (χ1) is 53.6. The Kier molecular flexibility index (Phi) is 26.7. The number of hydrogen-bond acceptors (Lipinski definition) is 20. The molecule has 8 aromatic rings. The van der Waals surface area contributed by atoms with Crippen molar-refractivity contribution in [1.82, 2.24) is 59.9 Å². The Hall–Kier alpha value is -9.60. The second kappa shape index (κ2) is 37.4. The van der Waals surface area contributed by atoms with Gasteiger partial charge >= 0.3 is 24.0 Å². The van der Waals surface area contributed by atoms with E-state index < -0.39 is 0 Å². The molecule has 9 N–H and O–H groups in total. The van der Waals surface area contributed by atoms with E-state index in [9.17, 15) is 0 Å². The first kappa shape index (κ1) is 78.5. The van der Waals surface area contributed by atoms with Crippen LogP contribution in [0.1, 0.15) is 212 Å². The van der Waals surface area contributed by atoms with Crippen molar-refractivity contribution in [1.29, 1.82) is 0 Å². The third kappa shape index (κ3) is 19.6. The molecule has 4 aromatic carbocycles. The molecule has 0 atom stereocenters. The van der Waals surface area contributed by atoms with Crippen LogP contribution in [0, 0.1) is 0 Å². The summed E-state index contributed by atoms with van der Waals surface area (Å²) in [5.74, 6) is 2.19. The zero-order valence-electron chi connectivity index (χ0n) is 66.5. The van der Waals surface area contributed by atoms with Crippen LogP contribution < -0.4 is 47.2 Å². The van der Waals surface area contributed by atoms with Crippen LogP contribution in [-0.4, -0.2) is 127 Å². The average Bonchev–Trinajstić information content (AvgIpc) is 1.64. The number of fused-ring (bicyclic) bond motifs is 8. The maximum absolute atomic E-state index is 6.20. The zero-order valence-corrected chi connectivity index (χ0v) is 66.5. The number of unbranched alkanes of at least 4 members (excludes halogenated alkanes) is 4. The number of aromatic nitrogens is 8. The number of nitrogen functional groups attached to an aromatic ring is 4. The van der Waals surface area contributed by atoms with E-state index in [0.29, 0.717) is 79.8 Å². The summed E-state index contributed by atoms with van der Waals surface area (Å²) >= 11 is 0. The summed E-state index contributed by atoms with van der Waals surface area (Å²) in [6.07, 6.45) is 28.5. The van der Waals surface area contributed by atoms with Crippen molar-refractivity contribution in [2.75, 3.05) is 89.1 Å². The molecule has 0 radical (unpaired) electrons. The number of allylic oxidation sites excluding steroid dienone is 8. The third-order valence-electron chi connectivity index (χ3n) is 22.5. The Bertz CT molecular complexity index is 4700. The third-order valence-corrected chi connectivity index (χ3v) is 22.5. The van der Waals surface area contributed by atoms with Crippen LogP contribution in [0.25, 0.3) is 22.3 Å². The van der Waals surface area contributed by atoms with Gasteiger partial charge in [-0.25, -0.2) is 0 Å². The van der Waals surface area contributed by atoms with E-state index in [1.165, 1.54) is 89.1 Å². The molecule has 8 heterocycles. The van der Waals surface area contributed by atoms with Gasteiger partial charge in [-0.2, -0.15) is 39.9 Å². The van der Waals surface area contributed by atoms with Crippen molar-refractivity contribution < 1.29 is 18.9 Å². The minimum atomic E-state index is 0.402. The molecule has 0 fully saturated rings. The molecular formula is C90H116N16O4. The number of rotatable bonds is 26. The number of likely N-dealkylation sites (N-methyl/N-ethyl adjacent to an activating group) is 2. The molecule has 0 amide bonds. The Morgan fingerprint density at radius 1 is 0.391 bits per heavy atom. The molecule has 0 spiro atoms. The minimum absolute atomic E-state index is 0.402. The molecule has 0 saturated carbocycles. The molecular weight excluding hydrogens is 1370 g/mol. The van der Waals surface area contributed by atoms with E-state index in [1.807, 2.05) is 0 Å². The van der Waals surface area contributed by atoms with Crippen LogP contribution in [0.2, 0.25) is 0 Å². The maximum Gasteiger partial charge on any atom is 0.318 e. The van der Waals surface area contributed by atoms with Crippen LogP contribution in [0.4, 0.5) is 23.3 Å². The summed E-state index contributed by atoms with van der Waals surface area (Å²) < 4.78 is 22.8. The molecule has 580 valence electrons. The molecule has 0 bridgehead atoms. The van der Waals surface area contributed by atoms with Gasteiger partial charge in [0.1, 0.15) is 23.3 Å². The monoisotopic (exact) mass is 1480 g/mol. The molecule has 8 aliphatic rings. The van der Waals surface area contributed by atoms with E-state index in [4.69, 9.17) is 46.9 Å². The first-order valence-corrected chi connectivity index (χ1v) is 40.8. The lowest BCUT2D eigenvalue weighted by Gasteiger charge is -2.32. The average molecular weight is 1490 g/mol.